The average Bonchev–Trinajstić information content (AvgIpc) is 2.44. The fourth-order valence-electron chi connectivity index (χ4n) is 1.34. The maximum atomic E-state index is 11.7. The van der Waals surface area contributed by atoms with Gasteiger partial charge < -0.3 is 4.84 Å². The van der Waals surface area contributed by atoms with E-state index in [2.05, 4.69) is 10.1 Å². The first-order chi connectivity index (χ1) is 9.59. The Balaban J connectivity index is 2.09. The van der Waals surface area contributed by atoms with Crippen molar-refractivity contribution in [2.24, 2.45) is 5.16 Å². The van der Waals surface area contributed by atoms with Crippen LogP contribution < -0.4 is 0 Å². The highest BCUT2D eigenvalue weighted by molar-refractivity contribution is 6.43. The molecule has 0 amide bonds. The van der Waals surface area contributed by atoms with E-state index in [9.17, 15) is 4.79 Å². The van der Waals surface area contributed by atoms with Crippen LogP contribution in [0.4, 0.5) is 0 Å². The number of pyridine rings is 1. The minimum atomic E-state index is -0.711. The zero-order chi connectivity index (χ0) is 14.5. The van der Waals surface area contributed by atoms with Gasteiger partial charge in [0.1, 0.15) is 5.15 Å². The van der Waals surface area contributed by atoms with Crippen LogP contribution in [-0.4, -0.2) is 17.2 Å². The molecule has 1 aromatic heterocycles. The van der Waals surface area contributed by atoms with Crippen molar-refractivity contribution in [1.29, 1.82) is 0 Å². The fraction of sp³-hybridized carbons (Fsp3) is 0. The molecule has 2 rings (SSSR count). The maximum Gasteiger partial charge on any atom is 0.368 e. The Kier molecular flexibility index (Phi) is 4.95. The lowest BCUT2D eigenvalue weighted by molar-refractivity contribution is 0.0519. The van der Waals surface area contributed by atoms with E-state index in [1.165, 1.54) is 18.5 Å². The molecule has 0 radical (unpaired) electrons. The zero-order valence-corrected chi connectivity index (χ0v) is 12.2. The van der Waals surface area contributed by atoms with Crippen molar-refractivity contribution in [3.05, 3.63) is 62.9 Å². The molecule has 0 fully saturated rings. The first-order valence-electron chi connectivity index (χ1n) is 5.39. The number of oxime groups is 1. The number of carbonyl (C=O) groups excluding carboxylic acids is 1. The van der Waals surface area contributed by atoms with E-state index in [4.69, 9.17) is 39.6 Å². The van der Waals surface area contributed by atoms with Gasteiger partial charge in [0.15, 0.2) is 0 Å². The second-order valence-electron chi connectivity index (χ2n) is 3.60. The number of hydrogen-bond donors (Lipinski definition) is 0. The van der Waals surface area contributed by atoms with Gasteiger partial charge in [0.2, 0.25) is 0 Å². The third-order valence-corrected chi connectivity index (χ3v) is 3.42. The molecule has 0 spiro atoms. The lowest BCUT2D eigenvalue weighted by Crippen LogP contribution is -2.02. The van der Waals surface area contributed by atoms with Gasteiger partial charge in [-0.25, -0.2) is 9.78 Å². The number of benzene rings is 1. The first kappa shape index (κ1) is 14.8. The molecule has 2 aromatic rings. The van der Waals surface area contributed by atoms with Gasteiger partial charge >= 0.3 is 5.97 Å². The average molecular weight is 330 g/mol. The molecule has 0 bridgehead atoms. The van der Waals surface area contributed by atoms with Crippen LogP contribution in [0, 0.1) is 0 Å². The van der Waals surface area contributed by atoms with Crippen LogP contribution >= 0.6 is 34.8 Å². The number of carbonyl (C=O) groups is 1. The predicted octanol–water partition coefficient (Wildman–Crippen LogP) is 4.23. The molecule has 0 aliphatic carbocycles. The van der Waals surface area contributed by atoms with Gasteiger partial charge in [-0.1, -0.05) is 52.1 Å². The number of aromatic nitrogens is 1. The number of nitrogens with zero attached hydrogens (tertiary/aromatic N) is 2. The summed E-state index contributed by atoms with van der Waals surface area (Å²) in [5.41, 5.74) is 0.660. The molecule has 0 aliphatic heterocycles. The van der Waals surface area contributed by atoms with Crippen molar-refractivity contribution in [2.45, 2.75) is 0 Å². The van der Waals surface area contributed by atoms with Crippen molar-refractivity contribution in [3.63, 3.8) is 0 Å². The van der Waals surface area contributed by atoms with Gasteiger partial charge in [-0.15, -0.1) is 0 Å². The lowest BCUT2D eigenvalue weighted by atomic mass is 10.2. The van der Waals surface area contributed by atoms with E-state index >= 15 is 0 Å². The van der Waals surface area contributed by atoms with Crippen LogP contribution in [0.2, 0.25) is 15.2 Å². The molecule has 0 saturated heterocycles. The normalized spacial score (nSPS) is 10.8. The van der Waals surface area contributed by atoms with Crippen molar-refractivity contribution < 1.29 is 9.63 Å². The number of rotatable bonds is 3. The Labute approximate surface area is 129 Å². The lowest BCUT2D eigenvalue weighted by Gasteiger charge is -2.00. The molecule has 0 atom stereocenters. The highest BCUT2D eigenvalue weighted by Gasteiger charge is 2.12. The molecule has 0 N–H and O–H groups in total. The monoisotopic (exact) mass is 328 g/mol. The molecule has 102 valence electrons. The van der Waals surface area contributed by atoms with Crippen LogP contribution in [-0.2, 0) is 4.84 Å². The highest BCUT2D eigenvalue weighted by atomic mass is 35.5. The van der Waals surface area contributed by atoms with Crippen LogP contribution in [0.1, 0.15) is 15.9 Å². The minimum Gasteiger partial charge on any atom is -0.313 e. The number of halogens is 3. The second kappa shape index (κ2) is 6.70. The summed E-state index contributed by atoms with van der Waals surface area (Å²) in [6.07, 6.45) is 2.75. The highest BCUT2D eigenvalue weighted by Crippen LogP contribution is 2.24. The predicted molar refractivity (Wildman–Crippen MR) is 78.7 cm³/mol. The molecule has 0 unspecified atom stereocenters. The molecule has 7 heteroatoms. The van der Waals surface area contributed by atoms with E-state index in [1.54, 1.807) is 24.3 Å². The minimum absolute atomic E-state index is 0.0495. The SMILES string of the molecule is O=C(O/N=C/c1cccc(Cl)c1Cl)c1cccnc1Cl. The largest absolute Gasteiger partial charge is 0.368 e. The zero-order valence-electron chi connectivity index (χ0n) is 9.89. The number of hydrogen-bond acceptors (Lipinski definition) is 4. The molecule has 1 heterocycles. The summed E-state index contributed by atoms with van der Waals surface area (Å²) in [4.78, 5) is 20.2. The standard InChI is InChI=1S/C13H7Cl3N2O2/c14-10-5-1-3-8(11(10)15)7-18-20-13(19)9-4-2-6-17-12(9)16/h1-7H/b18-7+. The molecular weight excluding hydrogens is 323 g/mol. The molecular formula is C13H7Cl3N2O2. The summed E-state index contributed by atoms with van der Waals surface area (Å²) in [5.74, 6) is -0.711. The van der Waals surface area contributed by atoms with E-state index in [-0.39, 0.29) is 10.7 Å². The van der Waals surface area contributed by atoms with E-state index in [0.717, 1.165) is 0 Å². The Morgan fingerprint density at radius 3 is 2.75 bits per heavy atom. The van der Waals surface area contributed by atoms with Crippen molar-refractivity contribution in [1.82, 2.24) is 4.98 Å². The van der Waals surface area contributed by atoms with Gasteiger partial charge in [-0.05, 0) is 18.2 Å². The topological polar surface area (TPSA) is 51.5 Å². The van der Waals surface area contributed by atoms with Crippen LogP contribution in [0.5, 0.6) is 0 Å². The van der Waals surface area contributed by atoms with Crippen LogP contribution in [0.15, 0.2) is 41.7 Å². The van der Waals surface area contributed by atoms with Gasteiger partial charge in [0.05, 0.1) is 21.8 Å². The van der Waals surface area contributed by atoms with Crippen molar-refractivity contribution in [3.8, 4) is 0 Å². The smallest absolute Gasteiger partial charge is 0.313 e. The third-order valence-electron chi connectivity index (χ3n) is 2.29. The Morgan fingerprint density at radius 1 is 1.20 bits per heavy atom. The van der Waals surface area contributed by atoms with Gasteiger partial charge in [-0.2, -0.15) is 0 Å². The van der Waals surface area contributed by atoms with E-state index in [1.807, 2.05) is 0 Å². The fourth-order valence-corrected chi connectivity index (χ4v) is 1.89. The second-order valence-corrected chi connectivity index (χ2v) is 4.74. The molecule has 0 saturated carbocycles. The molecule has 0 aliphatic rings. The Bertz CT molecular complexity index is 674. The van der Waals surface area contributed by atoms with Crippen molar-refractivity contribution >= 4 is 47.0 Å². The summed E-state index contributed by atoms with van der Waals surface area (Å²) < 4.78 is 0. The summed E-state index contributed by atoms with van der Waals surface area (Å²) in [7, 11) is 0. The van der Waals surface area contributed by atoms with E-state index < -0.39 is 5.97 Å². The maximum absolute atomic E-state index is 11.7. The van der Waals surface area contributed by atoms with E-state index in [0.29, 0.717) is 15.6 Å². The molecule has 20 heavy (non-hydrogen) atoms. The van der Waals surface area contributed by atoms with Gasteiger partial charge in [0, 0.05) is 11.8 Å². The van der Waals surface area contributed by atoms with Gasteiger partial charge in [0.25, 0.3) is 0 Å². The van der Waals surface area contributed by atoms with Gasteiger partial charge in [-0.3, -0.25) is 0 Å². The Hall–Kier alpha value is -1.62. The Morgan fingerprint density at radius 2 is 2.00 bits per heavy atom. The summed E-state index contributed by atoms with van der Waals surface area (Å²) >= 11 is 17.6. The summed E-state index contributed by atoms with van der Waals surface area (Å²) in [6, 6.07) is 8.08. The van der Waals surface area contributed by atoms with Crippen molar-refractivity contribution in [2.75, 3.05) is 0 Å². The first-order valence-corrected chi connectivity index (χ1v) is 6.52. The third kappa shape index (κ3) is 3.48. The molecule has 4 nitrogen and oxygen atoms in total. The summed E-state index contributed by atoms with van der Waals surface area (Å²) in [6.45, 7) is 0. The quantitative estimate of drug-likeness (QED) is 0.366. The van der Waals surface area contributed by atoms with Crippen LogP contribution in [0.3, 0.4) is 0 Å². The van der Waals surface area contributed by atoms with Crippen LogP contribution in [0.25, 0.3) is 0 Å². The summed E-state index contributed by atoms with van der Waals surface area (Å²) in [5, 5.41) is 4.32. The molecule has 1 aromatic carbocycles.